The molecule has 0 saturated carbocycles. The molecule has 5 heterocycles. The smallest absolute Gasteiger partial charge is 0.399 e. The molecule has 1 aliphatic rings. The van der Waals surface area contributed by atoms with Crippen molar-refractivity contribution in [1.82, 2.24) is 0 Å². The molecule has 0 amide bonds. The first kappa shape index (κ1) is 21.9. The summed E-state index contributed by atoms with van der Waals surface area (Å²) in [6.45, 7) is 17.4. The molecule has 0 radical (unpaired) electrons. The molecular weight excluding hydrogens is 459 g/mol. The van der Waals surface area contributed by atoms with Crippen LogP contribution in [0.2, 0.25) is 0 Å². The fourth-order valence-corrected chi connectivity index (χ4v) is 8.78. The lowest BCUT2D eigenvalue weighted by Gasteiger charge is -2.32. The summed E-state index contributed by atoms with van der Waals surface area (Å²) in [6.07, 6.45) is 0. The van der Waals surface area contributed by atoms with Crippen LogP contribution in [0.5, 0.6) is 0 Å². The van der Waals surface area contributed by atoms with Gasteiger partial charge in [0.25, 0.3) is 0 Å². The molecule has 2 nitrogen and oxygen atoms in total. The summed E-state index contributed by atoms with van der Waals surface area (Å²) in [4.78, 5) is 6.90. The van der Waals surface area contributed by atoms with Crippen LogP contribution in [-0.2, 0) is 9.31 Å². The normalized spacial score (nSPS) is 17.9. The zero-order valence-electron chi connectivity index (χ0n) is 19.3. The van der Waals surface area contributed by atoms with Gasteiger partial charge in [0.15, 0.2) is 0 Å². The Morgan fingerprint density at radius 1 is 0.710 bits per heavy atom. The molecule has 0 aromatic carbocycles. The van der Waals surface area contributed by atoms with E-state index < -0.39 is 0 Å². The summed E-state index contributed by atoms with van der Waals surface area (Å²) in [5.41, 5.74) is 3.49. The lowest BCUT2D eigenvalue weighted by atomic mass is 9.88. The Morgan fingerprint density at radius 2 is 1.26 bits per heavy atom. The SMILES string of the molecule is Cc1cc(-c2sc3cc(B4OC(C)(C)C(C)(C)O4)sc3c2-c2cc(C)sc2C)c(C)s1. The molecule has 1 fully saturated rings. The molecule has 0 spiro atoms. The van der Waals surface area contributed by atoms with Crippen LogP contribution in [0.3, 0.4) is 0 Å². The maximum Gasteiger partial charge on any atom is 0.505 e. The highest BCUT2D eigenvalue weighted by atomic mass is 32.1. The lowest BCUT2D eigenvalue weighted by molar-refractivity contribution is 0.00578. The molecule has 7 heteroatoms. The number of aryl methyl sites for hydroxylation is 4. The molecule has 5 rings (SSSR count). The van der Waals surface area contributed by atoms with Gasteiger partial charge in [-0.25, -0.2) is 0 Å². The fourth-order valence-electron chi connectivity index (χ4n) is 4.15. The van der Waals surface area contributed by atoms with E-state index in [0.717, 1.165) is 4.78 Å². The van der Waals surface area contributed by atoms with E-state index in [1.54, 1.807) is 0 Å². The predicted octanol–water partition coefficient (Wildman–Crippen LogP) is 7.95. The van der Waals surface area contributed by atoms with E-state index in [-0.39, 0.29) is 18.3 Å². The lowest BCUT2D eigenvalue weighted by Crippen LogP contribution is -2.41. The van der Waals surface area contributed by atoms with Crippen molar-refractivity contribution in [3.8, 4) is 21.6 Å². The molecule has 0 N–H and O–H groups in total. The summed E-state index contributed by atoms with van der Waals surface area (Å²) in [6, 6.07) is 7.00. The van der Waals surface area contributed by atoms with Crippen LogP contribution in [0, 0.1) is 27.7 Å². The largest absolute Gasteiger partial charge is 0.505 e. The van der Waals surface area contributed by atoms with E-state index in [1.165, 1.54) is 50.5 Å². The highest BCUT2D eigenvalue weighted by Gasteiger charge is 2.52. The van der Waals surface area contributed by atoms with Crippen LogP contribution < -0.4 is 4.78 Å². The molecule has 0 bridgehead atoms. The summed E-state index contributed by atoms with van der Waals surface area (Å²) in [5, 5.41) is 0. The quantitative estimate of drug-likeness (QED) is 0.274. The van der Waals surface area contributed by atoms with Crippen LogP contribution in [0.4, 0.5) is 0 Å². The summed E-state index contributed by atoms with van der Waals surface area (Å²) in [5.74, 6) is 0. The van der Waals surface area contributed by atoms with Gasteiger partial charge in [0.2, 0.25) is 0 Å². The van der Waals surface area contributed by atoms with E-state index in [0.29, 0.717) is 0 Å². The number of rotatable bonds is 3. The van der Waals surface area contributed by atoms with Gasteiger partial charge in [0.1, 0.15) is 0 Å². The average Bonchev–Trinajstić information content (AvgIpc) is 3.39. The summed E-state index contributed by atoms with van der Waals surface area (Å²) < 4.78 is 16.6. The third kappa shape index (κ3) is 3.49. The highest BCUT2D eigenvalue weighted by molar-refractivity contribution is 7.35. The number of fused-ring (bicyclic) bond motifs is 1. The van der Waals surface area contributed by atoms with E-state index >= 15 is 0 Å². The minimum absolute atomic E-state index is 0.304. The zero-order chi connectivity index (χ0) is 22.3. The minimum Gasteiger partial charge on any atom is -0.399 e. The molecule has 0 atom stereocenters. The average molecular weight is 487 g/mol. The molecule has 4 aromatic heterocycles. The molecule has 1 aliphatic heterocycles. The monoisotopic (exact) mass is 486 g/mol. The fraction of sp³-hybridized carbons (Fsp3) is 0.417. The number of thiophene rings is 4. The zero-order valence-corrected chi connectivity index (χ0v) is 22.5. The summed E-state index contributed by atoms with van der Waals surface area (Å²) in [7, 11) is -0.304. The third-order valence-corrected chi connectivity index (χ3v) is 10.9. The van der Waals surface area contributed by atoms with Crippen molar-refractivity contribution in [2.24, 2.45) is 0 Å². The second-order valence-corrected chi connectivity index (χ2v) is 14.4. The minimum atomic E-state index is -0.324. The van der Waals surface area contributed by atoms with E-state index in [9.17, 15) is 0 Å². The maximum atomic E-state index is 6.36. The van der Waals surface area contributed by atoms with Gasteiger partial charge in [0.05, 0.1) is 15.9 Å². The Bertz CT molecular complexity index is 1280. The molecule has 31 heavy (non-hydrogen) atoms. The Balaban J connectivity index is 1.70. The standard InChI is InChI=1S/C24H27BO2S4/c1-12-9-16(14(3)28-12)20-21(17-10-13(2)29-15(17)4)30-18-11-19(31-22(18)20)25-26-23(5,6)24(7,8)27-25/h9-11H,1-8H3. The topological polar surface area (TPSA) is 18.5 Å². The van der Waals surface area contributed by atoms with Gasteiger partial charge in [-0.2, -0.15) is 0 Å². The summed E-state index contributed by atoms with van der Waals surface area (Å²) >= 11 is 7.51. The highest BCUT2D eigenvalue weighted by Crippen LogP contribution is 2.51. The Kier molecular flexibility index (Phi) is 5.13. The Hall–Kier alpha value is -0.955. The first-order valence-electron chi connectivity index (χ1n) is 10.5. The molecule has 4 aromatic rings. The Labute approximate surface area is 201 Å². The first-order chi connectivity index (χ1) is 14.5. The molecule has 162 valence electrons. The predicted molar refractivity (Wildman–Crippen MR) is 141 cm³/mol. The first-order valence-corrected chi connectivity index (χ1v) is 13.8. The second-order valence-electron chi connectivity index (χ2n) is 9.39. The van der Waals surface area contributed by atoms with Gasteiger partial charge in [-0.15, -0.1) is 45.3 Å². The maximum absolute atomic E-state index is 6.36. The van der Waals surface area contributed by atoms with Crippen molar-refractivity contribution < 1.29 is 9.31 Å². The van der Waals surface area contributed by atoms with Gasteiger partial charge in [-0.3, -0.25) is 0 Å². The molecule has 1 saturated heterocycles. The van der Waals surface area contributed by atoms with Crippen LogP contribution in [0.15, 0.2) is 18.2 Å². The van der Waals surface area contributed by atoms with Crippen LogP contribution in [0.1, 0.15) is 47.2 Å². The van der Waals surface area contributed by atoms with Crippen molar-refractivity contribution >= 4 is 66.6 Å². The van der Waals surface area contributed by atoms with Gasteiger partial charge in [0, 0.05) is 45.0 Å². The van der Waals surface area contributed by atoms with Gasteiger partial charge >= 0.3 is 7.12 Å². The van der Waals surface area contributed by atoms with E-state index in [4.69, 9.17) is 9.31 Å². The van der Waals surface area contributed by atoms with Gasteiger partial charge < -0.3 is 9.31 Å². The second kappa shape index (κ2) is 7.27. The molecular formula is C24H27BO2S4. The van der Waals surface area contributed by atoms with Crippen molar-refractivity contribution in [1.29, 1.82) is 0 Å². The van der Waals surface area contributed by atoms with Crippen molar-refractivity contribution in [3.63, 3.8) is 0 Å². The van der Waals surface area contributed by atoms with Crippen molar-refractivity contribution in [2.45, 2.75) is 66.6 Å². The third-order valence-electron chi connectivity index (χ3n) is 6.46. The van der Waals surface area contributed by atoms with Crippen LogP contribution in [-0.4, -0.2) is 18.3 Å². The van der Waals surface area contributed by atoms with E-state index in [2.05, 4.69) is 73.6 Å². The van der Waals surface area contributed by atoms with Crippen molar-refractivity contribution in [3.05, 3.63) is 37.7 Å². The molecule has 0 aliphatic carbocycles. The van der Waals surface area contributed by atoms with Crippen LogP contribution in [0.25, 0.3) is 31.0 Å². The number of hydrogen-bond acceptors (Lipinski definition) is 6. The van der Waals surface area contributed by atoms with E-state index in [1.807, 2.05) is 45.3 Å². The number of hydrogen-bond donors (Lipinski definition) is 0. The Morgan fingerprint density at radius 3 is 1.77 bits per heavy atom. The van der Waals surface area contributed by atoms with Gasteiger partial charge in [-0.05, 0) is 79.2 Å². The van der Waals surface area contributed by atoms with Crippen molar-refractivity contribution in [2.75, 3.05) is 0 Å². The van der Waals surface area contributed by atoms with Crippen LogP contribution >= 0.6 is 45.3 Å². The molecule has 0 unspecified atom stereocenters. The van der Waals surface area contributed by atoms with Gasteiger partial charge in [-0.1, -0.05) is 0 Å².